The molecular weight excluding hydrogens is 146 g/mol. The molecule has 0 amide bonds. The molecule has 0 aromatic carbocycles. The summed E-state index contributed by atoms with van der Waals surface area (Å²) in [6.07, 6.45) is 9.37. The molecule has 0 spiro atoms. The molecule has 2 bridgehead atoms. The minimum absolute atomic E-state index is 0.800. The van der Waals surface area contributed by atoms with Crippen molar-refractivity contribution in [2.75, 3.05) is 6.54 Å². The summed E-state index contributed by atoms with van der Waals surface area (Å²) in [5, 5.41) is 3.65. The van der Waals surface area contributed by atoms with Crippen molar-refractivity contribution >= 4 is 0 Å². The molecule has 0 saturated carbocycles. The molecule has 1 aliphatic heterocycles. The van der Waals surface area contributed by atoms with Crippen LogP contribution in [-0.2, 0) is 0 Å². The highest BCUT2D eigenvalue weighted by Gasteiger charge is 2.23. The molecule has 2 aliphatic rings. The largest absolute Gasteiger partial charge is 0.310 e. The van der Waals surface area contributed by atoms with Crippen molar-refractivity contribution in [2.45, 2.75) is 45.1 Å². The zero-order valence-corrected chi connectivity index (χ0v) is 7.97. The van der Waals surface area contributed by atoms with E-state index in [0.29, 0.717) is 0 Å². The Labute approximate surface area is 75.2 Å². The Morgan fingerprint density at radius 3 is 3.33 bits per heavy atom. The Morgan fingerprint density at radius 2 is 2.50 bits per heavy atom. The number of hydrogen-bond donors (Lipinski definition) is 1. The quantitative estimate of drug-likeness (QED) is 0.620. The van der Waals surface area contributed by atoms with Gasteiger partial charge in [0.1, 0.15) is 0 Å². The van der Waals surface area contributed by atoms with Crippen LogP contribution >= 0.6 is 0 Å². The fourth-order valence-corrected chi connectivity index (χ4v) is 2.50. The van der Waals surface area contributed by atoms with Gasteiger partial charge in [0.2, 0.25) is 0 Å². The first-order valence-electron chi connectivity index (χ1n) is 5.31. The van der Waals surface area contributed by atoms with E-state index in [1.54, 1.807) is 5.57 Å². The van der Waals surface area contributed by atoms with E-state index in [1.165, 1.54) is 38.6 Å². The van der Waals surface area contributed by atoms with E-state index in [1.807, 2.05) is 0 Å². The van der Waals surface area contributed by atoms with E-state index in [-0.39, 0.29) is 0 Å². The maximum Gasteiger partial charge on any atom is 0.0167 e. The average molecular weight is 165 g/mol. The minimum Gasteiger partial charge on any atom is -0.310 e. The van der Waals surface area contributed by atoms with E-state index in [0.717, 1.165) is 12.0 Å². The second-order valence-corrected chi connectivity index (χ2v) is 4.23. The SMILES string of the molecule is CCCC1CC2C=C(CC2)CN1. The van der Waals surface area contributed by atoms with Gasteiger partial charge in [-0.05, 0) is 31.6 Å². The second-order valence-electron chi connectivity index (χ2n) is 4.23. The molecule has 1 heterocycles. The summed E-state index contributed by atoms with van der Waals surface area (Å²) in [6, 6.07) is 0.800. The van der Waals surface area contributed by atoms with Crippen molar-refractivity contribution in [1.29, 1.82) is 0 Å². The zero-order chi connectivity index (χ0) is 8.39. The zero-order valence-electron chi connectivity index (χ0n) is 7.97. The lowest BCUT2D eigenvalue weighted by Gasteiger charge is -2.20. The normalized spacial score (nSPS) is 34.6. The van der Waals surface area contributed by atoms with Crippen molar-refractivity contribution in [2.24, 2.45) is 5.92 Å². The first-order chi connectivity index (χ1) is 5.88. The third-order valence-electron chi connectivity index (χ3n) is 3.15. The van der Waals surface area contributed by atoms with Crippen LogP contribution in [0.25, 0.3) is 0 Å². The van der Waals surface area contributed by atoms with Crippen molar-refractivity contribution in [3.63, 3.8) is 0 Å². The van der Waals surface area contributed by atoms with Crippen LogP contribution < -0.4 is 5.32 Å². The van der Waals surface area contributed by atoms with Gasteiger partial charge >= 0.3 is 0 Å². The summed E-state index contributed by atoms with van der Waals surface area (Å²) >= 11 is 0. The summed E-state index contributed by atoms with van der Waals surface area (Å²) in [4.78, 5) is 0. The van der Waals surface area contributed by atoms with Gasteiger partial charge in [0.05, 0.1) is 0 Å². The standard InChI is InChI=1S/C11H19N/c1-2-3-11-7-9-4-5-10(6-9)8-12-11/h6,9,11-12H,2-5,7-8H2,1H3. The first kappa shape index (κ1) is 8.31. The van der Waals surface area contributed by atoms with Crippen LogP contribution in [-0.4, -0.2) is 12.6 Å². The van der Waals surface area contributed by atoms with Gasteiger partial charge in [-0.25, -0.2) is 0 Å². The summed E-state index contributed by atoms with van der Waals surface area (Å²) < 4.78 is 0. The Balaban J connectivity index is 1.91. The molecule has 1 nitrogen and oxygen atoms in total. The lowest BCUT2D eigenvalue weighted by molar-refractivity contribution is 0.402. The predicted molar refractivity (Wildman–Crippen MR) is 52.1 cm³/mol. The van der Waals surface area contributed by atoms with Gasteiger partial charge in [-0.2, -0.15) is 0 Å². The molecule has 12 heavy (non-hydrogen) atoms. The van der Waals surface area contributed by atoms with Gasteiger partial charge in [-0.1, -0.05) is 25.0 Å². The van der Waals surface area contributed by atoms with Gasteiger partial charge in [0.15, 0.2) is 0 Å². The van der Waals surface area contributed by atoms with Gasteiger partial charge in [0.25, 0.3) is 0 Å². The van der Waals surface area contributed by atoms with Crippen LogP contribution in [0.5, 0.6) is 0 Å². The van der Waals surface area contributed by atoms with Crippen LogP contribution in [0.1, 0.15) is 39.0 Å². The van der Waals surface area contributed by atoms with Crippen LogP contribution in [0.15, 0.2) is 11.6 Å². The van der Waals surface area contributed by atoms with E-state index < -0.39 is 0 Å². The van der Waals surface area contributed by atoms with Gasteiger partial charge in [0, 0.05) is 12.6 Å². The lowest BCUT2D eigenvalue weighted by atomic mass is 9.96. The topological polar surface area (TPSA) is 12.0 Å². The summed E-state index contributed by atoms with van der Waals surface area (Å²) in [5.41, 5.74) is 1.67. The van der Waals surface area contributed by atoms with Gasteiger partial charge < -0.3 is 5.32 Å². The van der Waals surface area contributed by atoms with E-state index >= 15 is 0 Å². The fraction of sp³-hybridized carbons (Fsp3) is 0.818. The first-order valence-corrected chi connectivity index (χ1v) is 5.31. The fourth-order valence-electron chi connectivity index (χ4n) is 2.50. The number of nitrogens with one attached hydrogen (secondary N) is 1. The summed E-state index contributed by atoms with van der Waals surface area (Å²) in [5.74, 6) is 0.909. The molecule has 1 aliphatic carbocycles. The van der Waals surface area contributed by atoms with Gasteiger partial charge in [-0.15, -0.1) is 0 Å². The maximum atomic E-state index is 3.65. The average Bonchev–Trinajstić information content (AvgIpc) is 2.37. The summed E-state index contributed by atoms with van der Waals surface area (Å²) in [7, 11) is 0. The molecular formula is C11H19N. The molecule has 0 aromatic heterocycles. The molecule has 1 heteroatoms. The maximum absolute atomic E-state index is 3.65. The van der Waals surface area contributed by atoms with Crippen molar-refractivity contribution in [3.05, 3.63) is 11.6 Å². The smallest absolute Gasteiger partial charge is 0.0167 e. The number of hydrogen-bond acceptors (Lipinski definition) is 1. The Morgan fingerprint density at radius 1 is 1.58 bits per heavy atom. The minimum atomic E-state index is 0.800. The van der Waals surface area contributed by atoms with Crippen LogP contribution in [0.4, 0.5) is 0 Å². The summed E-state index contributed by atoms with van der Waals surface area (Å²) in [6.45, 7) is 3.45. The third kappa shape index (κ3) is 1.71. The van der Waals surface area contributed by atoms with Crippen molar-refractivity contribution < 1.29 is 0 Å². The van der Waals surface area contributed by atoms with Crippen LogP contribution in [0, 0.1) is 5.92 Å². The van der Waals surface area contributed by atoms with E-state index in [9.17, 15) is 0 Å². The highest BCUT2D eigenvalue weighted by molar-refractivity contribution is 5.15. The lowest BCUT2D eigenvalue weighted by Crippen LogP contribution is -2.31. The monoisotopic (exact) mass is 165 g/mol. The Kier molecular flexibility index (Phi) is 2.50. The van der Waals surface area contributed by atoms with Crippen LogP contribution in [0.2, 0.25) is 0 Å². The number of rotatable bonds is 2. The third-order valence-corrected chi connectivity index (χ3v) is 3.15. The van der Waals surface area contributed by atoms with Crippen LogP contribution in [0.3, 0.4) is 0 Å². The highest BCUT2D eigenvalue weighted by atomic mass is 14.9. The predicted octanol–water partition coefficient (Wildman–Crippen LogP) is 2.48. The molecule has 2 atom stereocenters. The number of allylic oxidation sites excluding steroid dienone is 1. The van der Waals surface area contributed by atoms with Crippen molar-refractivity contribution in [1.82, 2.24) is 5.32 Å². The molecule has 0 fully saturated rings. The molecule has 0 radical (unpaired) electrons. The molecule has 0 saturated heterocycles. The van der Waals surface area contributed by atoms with Crippen molar-refractivity contribution in [3.8, 4) is 0 Å². The van der Waals surface area contributed by atoms with Gasteiger partial charge in [-0.3, -0.25) is 0 Å². The molecule has 0 aromatic rings. The van der Waals surface area contributed by atoms with E-state index in [2.05, 4.69) is 18.3 Å². The van der Waals surface area contributed by atoms with E-state index in [4.69, 9.17) is 0 Å². The molecule has 68 valence electrons. The second kappa shape index (κ2) is 3.61. The molecule has 1 N–H and O–H groups in total. The molecule has 2 rings (SSSR count). The Hall–Kier alpha value is -0.300. The Bertz CT molecular complexity index is 183. The number of fused-ring (bicyclic) bond motifs is 1. The molecule has 2 unspecified atom stereocenters. The highest BCUT2D eigenvalue weighted by Crippen LogP contribution is 2.30.